The van der Waals surface area contributed by atoms with E-state index < -0.39 is 0 Å². The Morgan fingerprint density at radius 3 is 2.68 bits per heavy atom. The largest absolute Gasteiger partial charge is 0.469 e. The molecule has 0 aliphatic heterocycles. The molecule has 19 heavy (non-hydrogen) atoms. The number of hydrogen-bond donors (Lipinski definition) is 0. The van der Waals surface area contributed by atoms with Gasteiger partial charge in [-0.2, -0.15) is 0 Å². The fourth-order valence-electron chi connectivity index (χ4n) is 2.93. The highest BCUT2D eigenvalue weighted by Crippen LogP contribution is 2.41. The van der Waals surface area contributed by atoms with Crippen LogP contribution in [-0.2, 0) is 9.53 Å². The van der Waals surface area contributed by atoms with E-state index in [9.17, 15) is 4.79 Å². The lowest BCUT2D eigenvalue weighted by Gasteiger charge is -2.31. The van der Waals surface area contributed by atoms with Crippen LogP contribution in [0, 0.1) is 5.92 Å². The highest BCUT2D eigenvalue weighted by Gasteiger charge is 2.28. The fourth-order valence-corrected chi connectivity index (χ4v) is 3.24. The van der Waals surface area contributed by atoms with Gasteiger partial charge in [0.05, 0.1) is 17.2 Å². The zero-order chi connectivity index (χ0) is 13.8. The maximum atomic E-state index is 11.5. The van der Waals surface area contributed by atoms with Crippen molar-refractivity contribution in [2.24, 2.45) is 5.92 Å². The lowest BCUT2D eigenvalue weighted by Crippen LogP contribution is -2.21. The molecule has 1 saturated carbocycles. The van der Waals surface area contributed by atoms with Gasteiger partial charge in [0, 0.05) is 6.42 Å². The van der Waals surface area contributed by atoms with Crippen LogP contribution in [0.5, 0.6) is 0 Å². The molecule has 0 heterocycles. The maximum absolute atomic E-state index is 11.5. The number of methoxy groups -OCH3 is 1. The average Bonchev–Trinajstić information content (AvgIpc) is 2.42. The predicted octanol–water partition coefficient (Wildman–Crippen LogP) is 4.83. The first kappa shape index (κ1) is 14.7. The zero-order valence-corrected chi connectivity index (χ0v) is 12.5. The van der Waals surface area contributed by atoms with Crippen molar-refractivity contribution in [3.05, 3.63) is 33.8 Å². The summed E-state index contributed by atoms with van der Waals surface area (Å²) in [4.78, 5) is 11.5. The van der Waals surface area contributed by atoms with Gasteiger partial charge in [0.2, 0.25) is 0 Å². The quantitative estimate of drug-likeness (QED) is 0.747. The molecule has 0 saturated heterocycles. The van der Waals surface area contributed by atoms with Crippen molar-refractivity contribution in [2.75, 3.05) is 7.11 Å². The summed E-state index contributed by atoms with van der Waals surface area (Å²) in [5, 5.41) is 1.16. The van der Waals surface area contributed by atoms with E-state index in [0.717, 1.165) is 12.8 Å². The molecule has 1 aliphatic rings. The first-order valence-electron chi connectivity index (χ1n) is 6.63. The number of rotatable bonds is 3. The Labute approximate surface area is 124 Å². The Bertz CT molecular complexity index is 459. The molecule has 0 spiro atoms. The van der Waals surface area contributed by atoms with Crippen LogP contribution in [0.15, 0.2) is 18.2 Å². The second kappa shape index (κ2) is 6.62. The maximum Gasteiger partial charge on any atom is 0.305 e. The molecule has 1 aromatic carbocycles. The van der Waals surface area contributed by atoms with Crippen molar-refractivity contribution in [2.45, 2.75) is 38.0 Å². The van der Waals surface area contributed by atoms with Crippen LogP contribution in [0.1, 0.15) is 43.6 Å². The first-order chi connectivity index (χ1) is 9.11. The second-order valence-electron chi connectivity index (χ2n) is 5.10. The third kappa shape index (κ3) is 3.64. The molecule has 1 aromatic rings. The van der Waals surface area contributed by atoms with Gasteiger partial charge in [0.1, 0.15) is 0 Å². The number of benzene rings is 1. The summed E-state index contributed by atoms with van der Waals surface area (Å²) < 4.78 is 4.79. The van der Waals surface area contributed by atoms with Crippen LogP contribution >= 0.6 is 23.2 Å². The van der Waals surface area contributed by atoms with Gasteiger partial charge in [-0.1, -0.05) is 42.1 Å². The Kier molecular flexibility index (Phi) is 5.12. The Morgan fingerprint density at radius 1 is 1.26 bits per heavy atom. The van der Waals surface area contributed by atoms with Crippen molar-refractivity contribution in [3.8, 4) is 0 Å². The van der Waals surface area contributed by atoms with E-state index in [1.54, 1.807) is 0 Å². The van der Waals surface area contributed by atoms with Crippen molar-refractivity contribution in [1.82, 2.24) is 0 Å². The topological polar surface area (TPSA) is 26.3 Å². The van der Waals surface area contributed by atoms with Gasteiger partial charge >= 0.3 is 5.97 Å². The first-order valence-corrected chi connectivity index (χ1v) is 7.39. The molecule has 2 rings (SSSR count). The van der Waals surface area contributed by atoms with Gasteiger partial charge in [-0.3, -0.25) is 4.79 Å². The van der Waals surface area contributed by atoms with Crippen LogP contribution in [0.4, 0.5) is 0 Å². The summed E-state index contributed by atoms with van der Waals surface area (Å²) >= 11 is 12.0. The van der Waals surface area contributed by atoms with Gasteiger partial charge in [0.15, 0.2) is 0 Å². The molecular weight excluding hydrogens is 283 g/mol. The Hall–Kier alpha value is -0.730. The summed E-state index contributed by atoms with van der Waals surface area (Å²) in [5.74, 6) is 0.595. The summed E-state index contributed by atoms with van der Waals surface area (Å²) in [6.07, 6.45) is 5.03. The number of ether oxygens (including phenoxy) is 1. The summed E-state index contributed by atoms with van der Waals surface area (Å²) in [6, 6.07) is 5.79. The number of esters is 1. The number of carbonyl (C=O) groups is 1. The van der Waals surface area contributed by atoms with Gasteiger partial charge in [0.25, 0.3) is 0 Å². The van der Waals surface area contributed by atoms with E-state index in [1.807, 2.05) is 18.2 Å². The summed E-state index contributed by atoms with van der Waals surface area (Å²) in [7, 11) is 1.44. The normalized spacial score (nSPS) is 23.1. The molecule has 0 radical (unpaired) electrons. The molecule has 1 fully saturated rings. The monoisotopic (exact) mass is 300 g/mol. The molecule has 0 aromatic heterocycles. The molecule has 0 bridgehead atoms. The van der Waals surface area contributed by atoms with Crippen LogP contribution in [-0.4, -0.2) is 13.1 Å². The molecule has 2 nitrogen and oxygen atoms in total. The minimum Gasteiger partial charge on any atom is -0.469 e. The van der Waals surface area contributed by atoms with Crippen LogP contribution in [0.25, 0.3) is 0 Å². The lowest BCUT2D eigenvalue weighted by molar-refractivity contribution is -0.142. The fraction of sp³-hybridized carbons (Fsp3) is 0.533. The van der Waals surface area contributed by atoms with Gasteiger partial charge < -0.3 is 4.74 Å². The molecular formula is C15H18Cl2O2. The summed E-state index contributed by atoms with van der Waals surface area (Å²) in [5.41, 5.74) is 1.18. The van der Waals surface area contributed by atoms with Crippen molar-refractivity contribution in [1.29, 1.82) is 0 Å². The van der Waals surface area contributed by atoms with Crippen LogP contribution < -0.4 is 0 Å². The SMILES string of the molecule is COC(=O)CC1CCCCC1c1ccc(Cl)c(Cl)c1. The van der Waals surface area contributed by atoms with E-state index >= 15 is 0 Å². The summed E-state index contributed by atoms with van der Waals surface area (Å²) in [6.45, 7) is 0. The highest BCUT2D eigenvalue weighted by atomic mass is 35.5. The van der Waals surface area contributed by atoms with Gasteiger partial charge in [-0.05, 0) is 42.4 Å². The average molecular weight is 301 g/mol. The molecule has 4 heteroatoms. The Morgan fingerprint density at radius 2 is 2.00 bits per heavy atom. The minimum atomic E-state index is -0.128. The lowest BCUT2D eigenvalue weighted by atomic mass is 9.74. The number of halogens is 2. The molecule has 104 valence electrons. The second-order valence-corrected chi connectivity index (χ2v) is 5.92. The highest BCUT2D eigenvalue weighted by molar-refractivity contribution is 6.42. The molecule has 2 unspecified atom stereocenters. The van der Waals surface area contributed by atoms with Gasteiger partial charge in [-0.15, -0.1) is 0 Å². The standard InChI is InChI=1S/C15H18Cl2O2/c1-19-15(18)9-10-4-2-3-5-12(10)11-6-7-13(16)14(17)8-11/h6-8,10,12H,2-5,9H2,1H3. The molecule has 0 N–H and O–H groups in total. The van der Waals surface area contributed by atoms with Crippen molar-refractivity contribution in [3.63, 3.8) is 0 Å². The van der Waals surface area contributed by atoms with Crippen molar-refractivity contribution >= 4 is 29.2 Å². The van der Waals surface area contributed by atoms with E-state index in [2.05, 4.69) is 0 Å². The van der Waals surface area contributed by atoms with E-state index in [-0.39, 0.29) is 5.97 Å². The number of carbonyl (C=O) groups excluding carboxylic acids is 1. The van der Waals surface area contributed by atoms with E-state index in [1.165, 1.54) is 25.5 Å². The van der Waals surface area contributed by atoms with Crippen molar-refractivity contribution < 1.29 is 9.53 Å². The van der Waals surface area contributed by atoms with Crippen LogP contribution in [0.3, 0.4) is 0 Å². The molecule has 0 amide bonds. The zero-order valence-electron chi connectivity index (χ0n) is 11.0. The number of hydrogen-bond acceptors (Lipinski definition) is 2. The Balaban J connectivity index is 2.18. The van der Waals surface area contributed by atoms with Gasteiger partial charge in [-0.25, -0.2) is 0 Å². The van der Waals surface area contributed by atoms with E-state index in [4.69, 9.17) is 27.9 Å². The molecule has 1 aliphatic carbocycles. The van der Waals surface area contributed by atoms with Crippen LogP contribution in [0.2, 0.25) is 10.0 Å². The smallest absolute Gasteiger partial charge is 0.305 e. The molecule has 2 atom stereocenters. The third-order valence-electron chi connectivity index (χ3n) is 3.94. The predicted molar refractivity (Wildman–Crippen MR) is 77.8 cm³/mol. The third-order valence-corrected chi connectivity index (χ3v) is 4.68. The van der Waals surface area contributed by atoms with E-state index in [0.29, 0.717) is 28.3 Å². The minimum absolute atomic E-state index is 0.128.